The smallest absolute Gasteiger partial charge is 0.253 e. The van der Waals surface area contributed by atoms with Gasteiger partial charge in [0.05, 0.1) is 12.1 Å². The molecule has 198 valence electrons. The van der Waals surface area contributed by atoms with E-state index in [0.29, 0.717) is 42.8 Å². The van der Waals surface area contributed by atoms with Gasteiger partial charge in [0.2, 0.25) is 0 Å². The molecule has 0 radical (unpaired) electrons. The molecular formula is C32H27N5O3. The molecule has 2 saturated heterocycles. The highest BCUT2D eigenvalue weighted by Crippen LogP contribution is 2.57. The van der Waals surface area contributed by atoms with Crippen LogP contribution >= 0.6 is 0 Å². The molecule has 3 aliphatic rings. The van der Waals surface area contributed by atoms with Crippen LogP contribution in [0.15, 0.2) is 84.9 Å². The molecule has 4 atom stereocenters. The average molecular weight is 530 g/mol. The second-order valence-corrected chi connectivity index (χ2v) is 11.4. The normalized spacial score (nSPS) is 25.2. The van der Waals surface area contributed by atoms with Crippen molar-refractivity contribution in [3.05, 3.63) is 96.1 Å². The maximum atomic E-state index is 13.5. The molecule has 3 heterocycles. The fourth-order valence-electron chi connectivity index (χ4n) is 7.28. The van der Waals surface area contributed by atoms with Gasteiger partial charge in [0.15, 0.2) is 0 Å². The van der Waals surface area contributed by atoms with Gasteiger partial charge in [0, 0.05) is 42.6 Å². The second kappa shape index (κ2) is 8.47. The van der Waals surface area contributed by atoms with Gasteiger partial charge in [0.25, 0.3) is 11.8 Å². The zero-order valence-corrected chi connectivity index (χ0v) is 21.7. The molecule has 8 nitrogen and oxygen atoms in total. The van der Waals surface area contributed by atoms with Gasteiger partial charge in [-0.3, -0.25) is 9.59 Å². The Hall–Kier alpha value is -4.56. The topological polar surface area (TPSA) is 102 Å². The van der Waals surface area contributed by atoms with Crippen molar-refractivity contribution in [2.75, 3.05) is 26.2 Å². The largest absolute Gasteiger partial charge is 0.387 e. The van der Waals surface area contributed by atoms with Crippen molar-refractivity contribution in [3.8, 4) is 11.1 Å². The van der Waals surface area contributed by atoms with E-state index in [1.807, 2.05) is 41.3 Å². The molecule has 8 rings (SSSR count). The third-order valence-corrected chi connectivity index (χ3v) is 9.36. The molecule has 2 aliphatic heterocycles. The monoisotopic (exact) mass is 529 g/mol. The number of carbonyl (C=O) groups is 2. The van der Waals surface area contributed by atoms with Gasteiger partial charge in [-0.15, -0.1) is 0 Å². The summed E-state index contributed by atoms with van der Waals surface area (Å²) in [6, 6.07) is 27.7. The first-order valence-corrected chi connectivity index (χ1v) is 13.7. The van der Waals surface area contributed by atoms with Crippen LogP contribution in [-0.2, 0) is 0 Å². The highest BCUT2D eigenvalue weighted by atomic mass is 16.3. The first kappa shape index (κ1) is 23.3. The molecule has 3 fully saturated rings. The molecule has 40 heavy (non-hydrogen) atoms. The highest BCUT2D eigenvalue weighted by Gasteiger charge is 2.68. The summed E-state index contributed by atoms with van der Waals surface area (Å²) >= 11 is 0. The van der Waals surface area contributed by atoms with Crippen molar-refractivity contribution in [2.45, 2.75) is 5.60 Å². The molecule has 0 spiro atoms. The minimum absolute atomic E-state index is 0.0221. The van der Waals surface area contributed by atoms with E-state index in [-0.39, 0.29) is 29.6 Å². The van der Waals surface area contributed by atoms with E-state index in [1.54, 1.807) is 23.1 Å². The first-order chi connectivity index (χ1) is 19.5. The van der Waals surface area contributed by atoms with Gasteiger partial charge >= 0.3 is 0 Å². The van der Waals surface area contributed by atoms with Crippen molar-refractivity contribution < 1.29 is 14.7 Å². The van der Waals surface area contributed by atoms with Gasteiger partial charge in [0.1, 0.15) is 11.0 Å². The van der Waals surface area contributed by atoms with Crippen LogP contribution in [0.4, 0.5) is 0 Å². The van der Waals surface area contributed by atoms with Crippen molar-refractivity contribution in [2.24, 2.45) is 17.8 Å². The molecule has 2 amide bonds. The van der Waals surface area contributed by atoms with E-state index in [9.17, 15) is 14.7 Å². The van der Waals surface area contributed by atoms with E-state index in [0.717, 1.165) is 27.4 Å². The Labute approximate surface area is 230 Å². The fourth-order valence-corrected chi connectivity index (χ4v) is 7.28. The van der Waals surface area contributed by atoms with Crippen LogP contribution in [-0.4, -0.2) is 73.9 Å². The van der Waals surface area contributed by atoms with Crippen molar-refractivity contribution in [1.82, 2.24) is 25.2 Å². The zero-order valence-electron chi connectivity index (χ0n) is 21.7. The lowest BCUT2D eigenvalue weighted by Gasteiger charge is -2.50. The quantitative estimate of drug-likeness (QED) is 0.368. The SMILES string of the molecule is O=C(c1ccc2n[nH]nc2c1)N1C[C@@H]2C3CN(C(=O)c4ccc5cc(-c6ccccc6)ccc5c4)CC3(O)[C@@H]2C1. The fraction of sp³-hybridized carbons (Fsp3) is 0.250. The number of hydrogen-bond acceptors (Lipinski definition) is 5. The van der Waals surface area contributed by atoms with Gasteiger partial charge < -0.3 is 14.9 Å². The van der Waals surface area contributed by atoms with Crippen LogP contribution in [0.2, 0.25) is 0 Å². The molecule has 1 aliphatic carbocycles. The van der Waals surface area contributed by atoms with Crippen LogP contribution in [0, 0.1) is 17.8 Å². The average Bonchev–Trinajstić information content (AvgIpc) is 3.71. The number of H-pyrrole nitrogens is 1. The molecule has 4 aromatic carbocycles. The van der Waals surface area contributed by atoms with Crippen LogP contribution < -0.4 is 0 Å². The van der Waals surface area contributed by atoms with Crippen LogP contribution in [0.5, 0.6) is 0 Å². The van der Waals surface area contributed by atoms with Crippen LogP contribution in [0.25, 0.3) is 32.9 Å². The summed E-state index contributed by atoms with van der Waals surface area (Å²) in [7, 11) is 0. The minimum Gasteiger partial charge on any atom is -0.387 e. The van der Waals surface area contributed by atoms with Gasteiger partial charge in [-0.1, -0.05) is 48.5 Å². The summed E-state index contributed by atoms with van der Waals surface area (Å²) in [6.07, 6.45) is 0. The number of β-amino-alcohol motifs (C(OH)–C–C–N with tert-alkyl or cyclic N) is 1. The Morgan fingerprint density at radius 3 is 2.25 bits per heavy atom. The number of likely N-dealkylation sites (tertiary alicyclic amines) is 2. The predicted octanol–water partition coefficient (Wildman–Crippen LogP) is 3.98. The number of aliphatic hydroxyl groups is 1. The van der Waals surface area contributed by atoms with E-state index in [2.05, 4.69) is 45.7 Å². The number of carbonyl (C=O) groups excluding carboxylic acids is 2. The zero-order chi connectivity index (χ0) is 27.0. The standard InChI is InChI=1S/C32H27N5O3/c38-30(24-10-11-28-29(14-24)34-35-33-28)36-15-25-26(16-36)32(40)18-37(17-27(25)32)31(39)23-9-8-21-12-20(6-7-22(21)13-23)19-4-2-1-3-5-19/h1-14,25-27,40H,15-18H2,(H,33,34,35)/t25-,26+,27?,32?/m0/s1. The van der Waals surface area contributed by atoms with Crippen LogP contribution in [0.1, 0.15) is 20.7 Å². The van der Waals surface area contributed by atoms with Gasteiger partial charge in [-0.05, 0) is 64.2 Å². The lowest BCUT2D eigenvalue weighted by Crippen LogP contribution is -2.61. The van der Waals surface area contributed by atoms with Crippen molar-refractivity contribution in [1.29, 1.82) is 0 Å². The van der Waals surface area contributed by atoms with Crippen molar-refractivity contribution in [3.63, 3.8) is 0 Å². The maximum Gasteiger partial charge on any atom is 0.253 e. The van der Waals surface area contributed by atoms with Gasteiger partial charge in [-0.2, -0.15) is 15.4 Å². The van der Waals surface area contributed by atoms with E-state index < -0.39 is 5.60 Å². The van der Waals surface area contributed by atoms with E-state index in [4.69, 9.17) is 0 Å². The summed E-state index contributed by atoms with van der Waals surface area (Å²) < 4.78 is 0. The lowest BCUT2D eigenvalue weighted by atomic mass is 9.56. The van der Waals surface area contributed by atoms with Crippen molar-refractivity contribution >= 4 is 33.6 Å². The number of rotatable bonds is 3. The summed E-state index contributed by atoms with van der Waals surface area (Å²) in [5, 5.41) is 24.4. The third-order valence-electron chi connectivity index (χ3n) is 9.36. The molecule has 0 bridgehead atoms. The number of benzene rings is 4. The lowest BCUT2D eigenvalue weighted by molar-refractivity contribution is -0.145. The molecule has 1 saturated carbocycles. The molecule has 1 aromatic heterocycles. The highest BCUT2D eigenvalue weighted by molar-refractivity contribution is 6.00. The summed E-state index contributed by atoms with van der Waals surface area (Å²) in [6.45, 7) is 1.90. The Morgan fingerprint density at radius 1 is 0.725 bits per heavy atom. The first-order valence-electron chi connectivity index (χ1n) is 13.7. The van der Waals surface area contributed by atoms with Gasteiger partial charge in [-0.25, -0.2) is 0 Å². The Bertz CT molecular complexity index is 1820. The minimum atomic E-state index is -0.952. The number of hydrogen-bond donors (Lipinski definition) is 2. The van der Waals surface area contributed by atoms with E-state index >= 15 is 0 Å². The Morgan fingerprint density at radius 2 is 1.40 bits per heavy atom. The molecule has 2 N–H and O–H groups in total. The predicted molar refractivity (Wildman–Crippen MR) is 150 cm³/mol. The molecular weight excluding hydrogens is 502 g/mol. The molecule has 2 unspecified atom stereocenters. The number of nitrogens with one attached hydrogen (secondary N) is 1. The number of aromatic amines is 1. The number of amides is 2. The second-order valence-electron chi connectivity index (χ2n) is 11.4. The summed E-state index contributed by atoms with van der Waals surface area (Å²) in [4.78, 5) is 30.4. The maximum absolute atomic E-state index is 13.5. The molecule has 5 aromatic rings. The summed E-state index contributed by atoms with van der Waals surface area (Å²) in [5.74, 6) is 0.0361. The van der Waals surface area contributed by atoms with E-state index in [1.165, 1.54) is 0 Å². The Balaban J connectivity index is 0.973. The number of aromatic nitrogens is 3. The van der Waals surface area contributed by atoms with Crippen LogP contribution in [0.3, 0.4) is 0 Å². The third kappa shape index (κ3) is 3.42. The summed E-state index contributed by atoms with van der Waals surface area (Å²) in [5.41, 5.74) is 3.93. The Kier molecular flexibility index (Phi) is 4.94. The molecule has 8 heteroatoms. The number of fused-ring (bicyclic) bond motifs is 6. The number of nitrogens with zero attached hydrogens (tertiary/aromatic N) is 4.